The number of aliphatic imine (C=N–C) groups is 1. The highest BCUT2D eigenvalue weighted by Crippen LogP contribution is 2.24. The third-order valence-electron chi connectivity index (χ3n) is 5.39. The van der Waals surface area contributed by atoms with Crippen LogP contribution in [0, 0.1) is 5.82 Å². The predicted octanol–water partition coefficient (Wildman–Crippen LogP) is 4.34. The molecule has 2 N–H and O–H groups in total. The summed E-state index contributed by atoms with van der Waals surface area (Å²) < 4.78 is 13.6. The molecule has 1 fully saturated rings. The quantitative estimate of drug-likeness (QED) is 0.335. The number of guanidine groups is 1. The van der Waals surface area contributed by atoms with Crippen LogP contribution in [-0.4, -0.2) is 43.2 Å². The molecule has 1 aliphatic rings. The van der Waals surface area contributed by atoms with Crippen molar-refractivity contribution in [2.75, 3.05) is 31.1 Å². The van der Waals surface area contributed by atoms with Gasteiger partial charge in [-0.2, -0.15) is 0 Å². The molecule has 30 heavy (non-hydrogen) atoms. The summed E-state index contributed by atoms with van der Waals surface area (Å²) in [6.45, 7) is 9.60. The van der Waals surface area contributed by atoms with E-state index in [1.54, 1.807) is 12.1 Å². The van der Waals surface area contributed by atoms with Gasteiger partial charge in [0.1, 0.15) is 11.6 Å². The van der Waals surface area contributed by atoms with Crippen LogP contribution < -0.4 is 15.5 Å². The highest BCUT2D eigenvalue weighted by atomic mass is 127. The average molecular weight is 525 g/mol. The first-order valence-corrected chi connectivity index (χ1v) is 10.4. The lowest BCUT2D eigenvalue weighted by Gasteiger charge is -2.34. The van der Waals surface area contributed by atoms with Crippen molar-refractivity contribution < 1.29 is 4.39 Å². The highest BCUT2D eigenvalue weighted by molar-refractivity contribution is 14.0. The Balaban J connectivity index is 0.00000320. The number of aromatic nitrogens is 1. The fourth-order valence-electron chi connectivity index (χ4n) is 3.58. The van der Waals surface area contributed by atoms with Crippen molar-refractivity contribution >= 4 is 35.8 Å². The first-order valence-electron chi connectivity index (χ1n) is 10.4. The molecule has 2 heterocycles. The average Bonchev–Trinajstić information content (AvgIpc) is 2.73. The molecule has 0 bridgehead atoms. The molecule has 0 radical (unpaired) electrons. The minimum atomic E-state index is -0.243. The summed E-state index contributed by atoms with van der Waals surface area (Å²) in [7, 11) is 0. The van der Waals surface area contributed by atoms with Gasteiger partial charge in [-0.3, -0.25) is 4.99 Å². The molecular weight excluding hydrogens is 492 g/mol. The minimum absolute atomic E-state index is 0. The number of benzene rings is 1. The fraction of sp³-hybridized carbons (Fsp3) is 0.478. The molecule has 0 unspecified atom stereocenters. The van der Waals surface area contributed by atoms with Gasteiger partial charge in [0.25, 0.3) is 0 Å². The van der Waals surface area contributed by atoms with E-state index >= 15 is 0 Å². The van der Waals surface area contributed by atoms with Crippen molar-refractivity contribution in [1.29, 1.82) is 0 Å². The zero-order chi connectivity index (χ0) is 20.7. The van der Waals surface area contributed by atoms with Crippen LogP contribution in [0.25, 0.3) is 0 Å². The molecule has 1 saturated heterocycles. The number of nitrogens with one attached hydrogen (secondary N) is 2. The van der Waals surface area contributed by atoms with Crippen molar-refractivity contribution in [3.63, 3.8) is 0 Å². The third-order valence-corrected chi connectivity index (χ3v) is 5.39. The van der Waals surface area contributed by atoms with Crippen molar-refractivity contribution in [3.05, 3.63) is 60.0 Å². The standard InChI is InChI=1S/C23H32FN5.HI/c1-4-25-22(27-17-23(2,3)18-8-7-9-19(24)16-18)28-20-11-14-29(15-12-20)21-10-5-6-13-26-21;/h5-10,13,16,20H,4,11-12,14-15,17H2,1-3H3,(H2,25,27,28);1H. The second kappa shape index (κ2) is 11.5. The zero-order valence-corrected chi connectivity index (χ0v) is 20.4. The van der Waals surface area contributed by atoms with E-state index in [4.69, 9.17) is 4.99 Å². The number of rotatable bonds is 6. The fourth-order valence-corrected chi connectivity index (χ4v) is 3.58. The molecule has 0 saturated carbocycles. The molecule has 1 aliphatic heterocycles. The summed E-state index contributed by atoms with van der Waals surface area (Å²) in [6.07, 6.45) is 3.92. The van der Waals surface area contributed by atoms with Gasteiger partial charge >= 0.3 is 0 Å². The van der Waals surface area contributed by atoms with Gasteiger partial charge in [-0.15, -0.1) is 24.0 Å². The molecule has 7 heteroatoms. The van der Waals surface area contributed by atoms with E-state index in [2.05, 4.69) is 47.4 Å². The number of nitrogens with zero attached hydrogens (tertiary/aromatic N) is 3. The summed E-state index contributed by atoms with van der Waals surface area (Å²) in [6, 6.07) is 13.2. The maximum atomic E-state index is 13.6. The maximum absolute atomic E-state index is 13.6. The molecule has 5 nitrogen and oxygen atoms in total. The molecule has 1 aromatic carbocycles. The monoisotopic (exact) mass is 525 g/mol. The van der Waals surface area contributed by atoms with Gasteiger partial charge in [-0.1, -0.05) is 32.0 Å². The van der Waals surface area contributed by atoms with Gasteiger partial charge in [-0.05, 0) is 49.6 Å². The summed E-state index contributed by atoms with van der Waals surface area (Å²) in [5.74, 6) is 1.67. The predicted molar refractivity (Wildman–Crippen MR) is 133 cm³/mol. The molecule has 0 aliphatic carbocycles. The number of halogens is 2. The van der Waals surface area contributed by atoms with Gasteiger partial charge in [-0.25, -0.2) is 9.37 Å². The van der Waals surface area contributed by atoms with Crippen LogP contribution in [-0.2, 0) is 5.41 Å². The second-order valence-corrected chi connectivity index (χ2v) is 8.18. The van der Waals surface area contributed by atoms with E-state index in [0.29, 0.717) is 12.6 Å². The lowest BCUT2D eigenvalue weighted by Crippen LogP contribution is -2.49. The number of anilines is 1. The van der Waals surface area contributed by atoms with Crippen LogP contribution >= 0.6 is 24.0 Å². The molecule has 3 rings (SSSR count). The Morgan fingerprint density at radius 3 is 2.60 bits per heavy atom. The highest BCUT2D eigenvalue weighted by Gasteiger charge is 2.23. The van der Waals surface area contributed by atoms with E-state index < -0.39 is 0 Å². The van der Waals surface area contributed by atoms with Crippen molar-refractivity contribution in [2.45, 2.75) is 45.1 Å². The Labute approximate surface area is 196 Å². The van der Waals surface area contributed by atoms with E-state index in [9.17, 15) is 4.39 Å². The normalized spacial score (nSPS) is 15.5. The van der Waals surface area contributed by atoms with Crippen LogP contribution in [0.5, 0.6) is 0 Å². The Kier molecular flexibility index (Phi) is 9.33. The van der Waals surface area contributed by atoms with Crippen LogP contribution in [0.15, 0.2) is 53.7 Å². The second-order valence-electron chi connectivity index (χ2n) is 8.18. The molecule has 2 aromatic rings. The molecule has 0 amide bonds. The van der Waals surface area contributed by atoms with Gasteiger partial charge in [0, 0.05) is 37.3 Å². The third kappa shape index (κ3) is 6.82. The first kappa shape index (κ1) is 24.4. The number of hydrogen-bond donors (Lipinski definition) is 2. The number of hydrogen-bond acceptors (Lipinski definition) is 3. The first-order chi connectivity index (χ1) is 14.0. The number of piperidine rings is 1. The van der Waals surface area contributed by atoms with Crippen LogP contribution in [0.2, 0.25) is 0 Å². The van der Waals surface area contributed by atoms with Crippen molar-refractivity contribution in [2.24, 2.45) is 4.99 Å². The van der Waals surface area contributed by atoms with E-state index in [-0.39, 0.29) is 35.2 Å². The molecule has 0 spiro atoms. The maximum Gasteiger partial charge on any atom is 0.191 e. The summed E-state index contributed by atoms with van der Waals surface area (Å²) >= 11 is 0. The molecular formula is C23H33FIN5. The topological polar surface area (TPSA) is 52.6 Å². The summed E-state index contributed by atoms with van der Waals surface area (Å²) in [5, 5.41) is 6.93. The van der Waals surface area contributed by atoms with Crippen LogP contribution in [0.1, 0.15) is 39.2 Å². The Hall–Kier alpha value is -1.90. The van der Waals surface area contributed by atoms with Gasteiger partial charge in [0.05, 0.1) is 6.54 Å². The Morgan fingerprint density at radius 1 is 1.20 bits per heavy atom. The van der Waals surface area contributed by atoms with Crippen LogP contribution in [0.3, 0.4) is 0 Å². The zero-order valence-electron chi connectivity index (χ0n) is 18.1. The van der Waals surface area contributed by atoms with E-state index in [1.807, 2.05) is 24.4 Å². The van der Waals surface area contributed by atoms with E-state index in [0.717, 1.165) is 49.8 Å². The summed E-state index contributed by atoms with van der Waals surface area (Å²) in [5.41, 5.74) is 0.716. The van der Waals surface area contributed by atoms with E-state index in [1.165, 1.54) is 6.07 Å². The summed E-state index contributed by atoms with van der Waals surface area (Å²) in [4.78, 5) is 11.6. The lowest BCUT2D eigenvalue weighted by molar-refractivity contribution is 0.457. The van der Waals surface area contributed by atoms with Crippen molar-refractivity contribution in [3.8, 4) is 0 Å². The molecule has 164 valence electrons. The molecule has 0 atom stereocenters. The van der Waals surface area contributed by atoms with Crippen LogP contribution in [0.4, 0.5) is 10.2 Å². The smallest absolute Gasteiger partial charge is 0.191 e. The number of pyridine rings is 1. The SMILES string of the molecule is CCNC(=NCC(C)(C)c1cccc(F)c1)NC1CCN(c2ccccn2)CC1.I. The van der Waals surface area contributed by atoms with Gasteiger partial charge in [0.15, 0.2) is 5.96 Å². The Bertz CT molecular complexity index is 804. The largest absolute Gasteiger partial charge is 0.357 e. The lowest BCUT2D eigenvalue weighted by atomic mass is 9.85. The Morgan fingerprint density at radius 2 is 1.97 bits per heavy atom. The van der Waals surface area contributed by atoms with Gasteiger partial charge < -0.3 is 15.5 Å². The van der Waals surface area contributed by atoms with Gasteiger partial charge in [0.2, 0.25) is 0 Å². The van der Waals surface area contributed by atoms with Crippen molar-refractivity contribution in [1.82, 2.24) is 15.6 Å². The molecule has 1 aromatic heterocycles. The minimum Gasteiger partial charge on any atom is -0.357 e.